The van der Waals surface area contributed by atoms with Crippen molar-refractivity contribution < 1.29 is 18.0 Å². The predicted molar refractivity (Wildman–Crippen MR) is 44.0 cm³/mol. The van der Waals surface area contributed by atoms with Gasteiger partial charge in [-0.25, -0.2) is 13.2 Å². The molecular weight excluding hydrogens is 193 g/mol. The molecule has 0 fully saturated rings. The molecule has 1 nitrogen and oxygen atoms in total. The summed E-state index contributed by atoms with van der Waals surface area (Å²) in [5, 5.41) is 0. The molecule has 0 N–H and O–H groups in total. The van der Waals surface area contributed by atoms with E-state index < -0.39 is 17.8 Å². The van der Waals surface area contributed by atoms with E-state index in [1.165, 1.54) is 6.07 Å². The Hall–Kier alpha value is -1.32. The van der Waals surface area contributed by atoms with E-state index in [9.17, 15) is 18.0 Å². The van der Waals surface area contributed by atoms with Crippen LogP contribution in [0, 0.1) is 5.82 Å². The second-order valence-electron chi connectivity index (χ2n) is 3.22. The summed E-state index contributed by atoms with van der Waals surface area (Å²) in [5.74, 6) is -1.37. The number of ketones is 1. The molecule has 0 atom stereocenters. The second-order valence-corrected chi connectivity index (χ2v) is 3.22. The van der Waals surface area contributed by atoms with Crippen molar-refractivity contribution in [2.45, 2.75) is 19.3 Å². The maximum absolute atomic E-state index is 13.0. The Morgan fingerprint density at radius 3 is 2.57 bits per heavy atom. The van der Waals surface area contributed by atoms with E-state index in [-0.39, 0.29) is 17.8 Å². The summed E-state index contributed by atoms with van der Waals surface area (Å²) in [6.07, 6.45) is -2.28. The van der Waals surface area contributed by atoms with Crippen molar-refractivity contribution >= 4 is 5.78 Å². The molecule has 0 bridgehead atoms. The minimum Gasteiger partial charge on any atom is -0.294 e. The molecule has 0 amide bonds. The molecule has 0 saturated carbocycles. The van der Waals surface area contributed by atoms with Gasteiger partial charge in [-0.2, -0.15) is 0 Å². The Morgan fingerprint density at radius 1 is 1.21 bits per heavy atom. The Morgan fingerprint density at radius 2 is 1.93 bits per heavy atom. The van der Waals surface area contributed by atoms with Gasteiger partial charge in [-0.3, -0.25) is 4.79 Å². The minimum absolute atomic E-state index is 0.0972. The molecule has 74 valence electrons. The van der Waals surface area contributed by atoms with Gasteiger partial charge in [0, 0.05) is 12.0 Å². The standard InChI is InChI=1S/C10H7F3O/c11-6-3-1-5-2-4-7(14)8(5)9(6)10(12)13/h1,3,10H,2,4H2. The largest absolute Gasteiger partial charge is 0.294 e. The first-order valence-electron chi connectivity index (χ1n) is 4.24. The number of aryl methyl sites for hydroxylation is 1. The Kier molecular flexibility index (Phi) is 2.06. The van der Waals surface area contributed by atoms with E-state index in [0.29, 0.717) is 12.0 Å². The monoisotopic (exact) mass is 200 g/mol. The van der Waals surface area contributed by atoms with Gasteiger partial charge in [-0.05, 0) is 18.1 Å². The molecule has 0 aromatic heterocycles. The van der Waals surface area contributed by atoms with Crippen molar-refractivity contribution in [3.8, 4) is 0 Å². The molecule has 1 aliphatic carbocycles. The zero-order chi connectivity index (χ0) is 10.3. The lowest BCUT2D eigenvalue weighted by atomic mass is 10.0. The highest BCUT2D eigenvalue weighted by molar-refractivity contribution is 6.01. The van der Waals surface area contributed by atoms with Crippen LogP contribution in [0.1, 0.15) is 34.3 Å². The maximum atomic E-state index is 13.0. The maximum Gasteiger partial charge on any atom is 0.267 e. The zero-order valence-electron chi connectivity index (χ0n) is 7.19. The molecular formula is C10H7F3O. The van der Waals surface area contributed by atoms with E-state index in [0.717, 1.165) is 6.07 Å². The topological polar surface area (TPSA) is 17.1 Å². The van der Waals surface area contributed by atoms with Crippen molar-refractivity contribution in [1.82, 2.24) is 0 Å². The lowest BCUT2D eigenvalue weighted by Crippen LogP contribution is -2.02. The molecule has 1 aromatic rings. The zero-order valence-corrected chi connectivity index (χ0v) is 7.19. The fourth-order valence-electron chi connectivity index (χ4n) is 1.76. The summed E-state index contributed by atoms with van der Waals surface area (Å²) >= 11 is 0. The summed E-state index contributed by atoms with van der Waals surface area (Å²) in [6.45, 7) is 0. The Labute approximate surface area is 78.5 Å². The van der Waals surface area contributed by atoms with Crippen LogP contribution in [-0.2, 0) is 6.42 Å². The van der Waals surface area contributed by atoms with Crippen LogP contribution in [-0.4, -0.2) is 5.78 Å². The molecule has 0 spiro atoms. The highest BCUT2D eigenvalue weighted by atomic mass is 19.3. The summed E-state index contributed by atoms with van der Waals surface area (Å²) in [7, 11) is 0. The number of benzene rings is 1. The van der Waals surface area contributed by atoms with Crippen molar-refractivity contribution in [3.63, 3.8) is 0 Å². The van der Waals surface area contributed by atoms with Crippen molar-refractivity contribution in [2.24, 2.45) is 0 Å². The molecule has 0 saturated heterocycles. The predicted octanol–water partition coefficient (Wildman–Crippen LogP) is 2.89. The van der Waals surface area contributed by atoms with Gasteiger partial charge in [0.05, 0.1) is 5.56 Å². The lowest BCUT2D eigenvalue weighted by molar-refractivity contribution is 0.0979. The summed E-state index contributed by atoms with van der Waals surface area (Å²) < 4.78 is 38.0. The number of carbonyl (C=O) groups is 1. The van der Waals surface area contributed by atoms with Crippen molar-refractivity contribution in [1.29, 1.82) is 0 Å². The SMILES string of the molecule is O=C1CCc2ccc(F)c(C(F)F)c21. The van der Waals surface area contributed by atoms with Crippen LogP contribution in [0.5, 0.6) is 0 Å². The highest BCUT2D eigenvalue weighted by Crippen LogP contribution is 2.33. The first-order chi connectivity index (χ1) is 6.61. The molecule has 0 aliphatic heterocycles. The van der Waals surface area contributed by atoms with Gasteiger partial charge in [0.25, 0.3) is 6.43 Å². The summed E-state index contributed by atoms with van der Waals surface area (Å²) in [5.41, 5.74) is -0.295. The van der Waals surface area contributed by atoms with Gasteiger partial charge >= 0.3 is 0 Å². The molecule has 2 rings (SSSR count). The molecule has 4 heteroatoms. The van der Waals surface area contributed by atoms with Crippen LogP contribution in [0.3, 0.4) is 0 Å². The van der Waals surface area contributed by atoms with Crippen molar-refractivity contribution in [3.05, 3.63) is 34.6 Å². The molecule has 0 radical (unpaired) electrons. The second kappa shape index (κ2) is 3.12. The van der Waals surface area contributed by atoms with Gasteiger partial charge in [0.15, 0.2) is 5.78 Å². The molecule has 14 heavy (non-hydrogen) atoms. The first kappa shape index (κ1) is 9.24. The van der Waals surface area contributed by atoms with Gasteiger partial charge in [0.2, 0.25) is 0 Å². The Bertz CT molecular complexity index is 399. The number of hydrogen-bond acceptors (Lipinski definition) is 1. The van der Waals surface area contributed by atoms with Gasteiger partial charge in [-0.15, -0.1) is 0 Å². The minimum atomic E-state index is -2.92. The molecule has 0 heterocycles. The molecule has 0 unspecified atom stereocenters. The first-order valence-corrected chi connectivity index (χ1v) is 4.24. The molecule has 1 aliphatic rings. The lowest BCUT2D eigenvalue weighted by Gasteiger charge is -2.07. The number of fused-ring (bicyclic) bond motifs is 1. The van der Waals surface area contributed by atoms with Crippen LogP contribution >= 0.6 is 0 Å². The Balaban J connectivity index is 2.68. The van der Waals surface area contributed by atoms with E-state index in [1.54, 1.807) is 0 Å². The molecule has 1 aromatic carbocycles. The normalized spacial score (nSPS) is 15.0. The van der Waals surface area contributed by atoms with Crippen molar-refractivity contribution in [2.75, 3.05) is 0 Å². The summed E-state index contributed by atoms with van der Waals surface area (Å²) in [4.78, 5) is 11.2. The van der Waals surface area contributed by atoms with Crippen LogP contribution in [0.2, 0.25) is 0 Å². The number of halogens is 3. The third-order valence-corrected chi connectivity index (χ3v) is 2.40. The van der Waals surface area contributed by atoms with Crippen LogP contribution in [0.25, 0.3) is 0 Å². The average Bonchev–Trinajstić information content (AvgIpc) is 2.47. The fourth-order valence-corrected chi connectivity index (χ4v) is 1.76. The van der Waals surface area contributed by atoms with Crippen LogP contribution in [0.15, 0.2) is 12.1 Å². The van der Waals surface area contributed by atoms with Gasteiger partial charge < -0.3 is 0 Å². The highest BCUT2D eigenvalue weighted by Gasteiger charge is 2.29. The van der Waals surface area contributed by atoms with E-state index >= 15 is 0 Å². The number of hydrogen-bond donors (Lipinski definition) is 0. The van der Waals surface area contributed by atoms with Gasteiger partial charge in [-0.1, -0.05) is 6.07 Å². The number of Topliss-reactive ketones (excluding diaryl/α,β-unsaturated/α-hetero) is 1. The fraction of sp³-hybridized carbons (Fsp3) is 0.300. The van der Waals surface area contributed by atoms with E-state index in [2.05, 4.69) is 0 Å². The smallest absolute Gasteiger partial charge is 0.267 e. The number of carbonyl (C=O) groups excluding carboxylic acids is 1. The summed E-state index contributed by atoms with van der Waals surface area (Å²) in [6, 6.07) is 2.40. The van der Waals surface area contributed by atoms with E-state index in [1.807, 2.05) is 0 Å². The quantitative estimate of drug-likeness (QED) is 0.681. The average molecular weight is 200 g/mol. The van der Waals surface area contributed by atoms with Crippen LogP contribution < -0.4 is 0 Å². The van der Waals surface area contributed by atoms with Crippen LogP contribution in [0.4, 0.5) is 13.2 Å². The van der Waals surface area contributed by atoms with E-state index in [4.69, 9.17) is 0 Å². The number of alkyl halides is 2. The third kappa shape index (κ3) is 1.22. The van der Waals surface area contributed by atoms with Gasteiger partial charge in [0.1, 0.15) is 5.82 Å². The third-order valence-electron chi connectivity index (χ3n) is 2.40. The number of rotatable bonds is 1.